The van der Waals surface area contributed by atoms with Crippen LogP contribution in [0.4, 0.5) is 0 Å². The first-order valence-corrected chi connectivity index (χ1v) is 3.44. The summed E-state index contributed by atoms with van der Waals surface area (Å²) in [6.07, 6.45) is 4.75. The molecule has 0 rings (SSSR count). The fraction of sp³-hybridized carbons (Fsp3) is 0.750. The summed E-state index contributed by atoms with van der Waals surface area (Å²) in [5.74, 6) is 0. The lowest BCUT2D eigenvalue weighted by Gasteiger charge is -1.90. The van der Waals surface area contributed by atoms with Crippen molar-refractivity contribution < 1.29 is 5.11 Å². The number of aliphatic hydroxyl groups is 1. The molecular formula is C8H18O. The van der Waals surface area contributed by atoms with E-state index in [1.54, 1.807) is 6.92 Å². The number of aliphatic hydroxyl groups excluding tert-OH is 1. The lowest BCUT2D eigenvalue weighted by molar-refractivity contribution is 0.191. The maximum absolute atomic E-state index is 8.36. The van der Waals surface area contributed by atoms with Gasteiger partial charge in [0.25, 0.3) is 0 Å². The quantitative estimate of drug-likeness (QED) is 0.540. The van der Waals surface area contributed by atoms with Gasteiger partial charge >= 0.3 is 0 Å². The third kappa shape index (κ3) is 34.3. The number of rotatable bonds is 1. The van der Waals surface area contributed by atoms with Crippen molar-refractivity contribution in [1.29, 1.82) is 0 Å². The molecule has 1 atom stereocenters. The monoisotopic (exact) mass is 130 g/mol. The van der Waals surface area contributed by atoms with Crippen LogP contribution in [0.3, 0.4) is 0 Å². The average molecular weight is 130 g/mol. The van der Waals surface area contributed by atoms with E-state index in [0.717, 1.165) is 6.42 Å². The van der Waals surface area contributed by atoms with E-state index < -0.39 is 0 Å². The van der Waals surface area contributed by atoms with Gasteiger partial charge in [0.1, 0.15) is 0 Å². The van der Waals surface area contributed by atoms with Crippen LogP contribution in [-0.2, 0) is 0 Å². The standard InChI is InChI=1S/C4H10O.C4H8/c1-3-4(2)5;1-3-4-2/h4-5H,3H2,1-2H3;3-4H,1-2H3. The van der Waals surface area contributed by atoms with Gasteiger partial charge < -0.3 is 5.11 Å². The van der Waals surface area contributed by atoms with E-state index in [1.165, 1.54) is 0 Å². The van der Waals surface area contributed by atoms with E-state index in [9.17, 15) is 0 Å². The van der Waals surface area contributed by atoms with Crippen molar-refractivity contribution in [3.63, 3.8) is 0 Å². The number of hydrogen-bond donors (Lipinski definition) is 1. The minimum atomic E-state index is -0.116. The van der Waals surface area contributed by atoms with Crippen molar-refractivity contribution in [2.24, 2.45) is 0 Å². The van der Waals surface area contributed by atoms with Crippen molar-refractivity contribution in [3.8, 4) is 0 Å². The molecule has 0 amide bonds. The summed E-state index contributed by atoms with van der Waals surface area (Å²) < 4.78 is 0. The van der Waals surface area contributed by atoms with Crippen LogP contribution in [0, 0.1) is 0 Å². The average Bonchev–Trinajstić information content (AvgIpc) is 1.89. The molecule has 1 heteroatoms. The van der Waals surface area contributed by atoms with Crippen molar-refractivity contribution >= 4 is 0 Å². The topological polar surface area (TPSA) is 20.2 Å². The second-order valence-electron chi connectivity index (χ2n) is 1.92. The first-order valence-electron chi connectivity index (χ1n) is 3.44. The Balaban J connectivity index is 0. The van der Waals surface area contributed by atoms with Crippen molar-refractivity contribution in [2.45, 2.75) is 40.2 Å². The summed E-state index contributed by atoms with van der Waals surface area (Å²) in [5.41, 5.74) is 0. The van der Waals surface area contributed by atoms with E-state index in [1.807, 2.05) is 32.9 Å². The van der Waals surface area contributed by atoms with Gasteiger partial charge in [-0.05, 0) is 27.2 Å². The van der Waals surface area contributed by atoms with Crippen LogP contribution in [0.1, 0.15) is 34.1 Å². The Kier molecular flexibility index (Phi) is 13.6. The first kappa shape index (κ1) is 11.5. The fourth-order valence-corrected chi connectivity index (χ4v) is 0. The van der Waals surface area contributed by atoms with E-state index in [0.29, 0.717) is 0 Å². The maximum atomic E-state index is 8.36. The second-order valence-corrected chi connectivity index (χ2v) is 1.92. The van der Waals surface area contributed by atoms with Crippen molar-refractivity contribution in [3.05, 3.63) is 12.2 Å². The van der Waals surface area contributed by atoms with Crippen molar-refractivity contribution in [2.75, 3.05) is 0 Å². The SMILES string of the molecule is CC=CC.CCC(C)O. The molecule has 0 aromatic carbocycles. The summed E-state index contributed by atoms with van der Waals surface area (Å²) in [4.78, 5) is 0. The molecule has 9 heavy (non-hydrogen) atoms. The third-order valence-corrected chi connectivity index (χ3v) is 0.924. The first-order chi connectivity index (χ1) is 4.18. The number of hydrogen-bond acceptors (Lipinski definition) is 1. The molecule has 0 aromatic heterocycles. The molecule has 0 bridgehead atoms. The van der Waals surface area contributed by atoms with Crippen LogP contribution in [0.15, 0.2) is 12.2 Å². The smallest absolute Gasteiger partial charge is 0.0509 e. The Hall–Kier alpha value is -0.300. The predicted molar refractivity (Wildman–Crippen MR) is 42.5 cm³/mol. The Morgan fingerprint density at radius 3 is 1.56 bits per heavy atom. The van der Waals surface area contributed by atoms with Gasteiger partial charge in [-0.1, -0.05) is 19.1 Å². The zero-order chi connectivity index (χ0) is 7.70. The molecule has 0 saturated carbocycles. The molecule has 0 aromatic rings. The predicted octanol–water partition coefficient (Wildman–Crippen LogP) is 2.36. The summed E-state index contributed by atoms with van der Waals surface area (Å²) in [6, 6.07) is 0. The highest BCUT2D eigenvalue weighted by Gasteiger charge is 1.81. The van der Waals surface area contributed by atoms with Crippen LogP contribution in [0.5, 0.6) is 0 Å². The van der Waals surface area contributed by atoms with Gasteiger partial charge in [0.2, 0.25) is 0 Å². The van der Waals surface area contributed by atoms with E-state index in [2.05, 4.69) is 0 Å². The van der Waals surface area contributed by atoms with Gasteiger partial charge in [0, 0.05) is 0 Å². The Bertz CT molecular complexity index is 51.6. The van der Waals surface area contributed by atoms with Gasteiger partial charge in [0.05, 0.1) is 6.10 Å². The lowest BCUT2D eigenvalue weighted by Crippen LogP contribution is -1.93. The molecule has 1 N–H and O–H groups in total. The molecule has 0 spiro atoms. The maximum Gasteiger partial charge on any atom is 0.0509 e. The molecule has 0 fully saturated rings. The van der Waals surface area contributed by atoms with Crippen LogP contribution in [0.25, 0.3) is 0 Å². The normalized spacial score (nSPS) is 12.6. The van der Waals surface area contributed by atoms with E-state index >= 15 is 0 Å². The lowest BCUT2D eigenvalue weighted by atomic mass is 10.3. The molecule has 0 radical (unpaired) electrons. The molecule has 0 aliphatic rings. The van der Waals surface area contributed by atoms with Gasteiger partial charge in [-0.3, -0.25) is 0 Å². The highest BCUT2D eigenvalue weighted by atomic mass is 16.3. The minimum absolute atomic E-state index is 0.116. The molecule has 56 valence electrons. The van der Waals surface area contributed by atoms with Crippen LogP contribution in [-0.4, -0.2) is 11.2 Å². The zero-order valence-electron chi connectivity index (χ0n) is 6.89. The highest BCUT2D eigenvalue weighted by Crippen LogP contribution is 1.81. The van der Waals surface area contributed by atoms with E-state index in [4.69, 9.17) is 5.11 Å². The Morgan fingerprint density at radius 2 is 1.56 bits per heavy atom. The largest absolute Gasteiger partial charge is 0.393 e. The Labute approximate surface area is 58.4 Å². The summed E-state index contributed by atoms with van der Waals surface area (Å²) >= 11 is 0. The Morgan fingerprint density at radius 1 is 1.33 bits per heavy atom. The zero-order valence-corrected chi connectivity index (χ0v) is 6.89. The molecule has 0 aliphatic heterocycles. The second kappa shape index (κ2) is 10.6. The van der Waals surface area contributed by atoms with Crippen LogP contribution < -0.4 is 0 Å². The van der Waals surface area contributed by atoms with Crippen molar-refractivity contribution in [1.82, 2.24) is 0 Å². The van der Waals surface area contributed by atoms with Gasteiger partial charge in [0.15, 0.2) is 0 Å². The van der Waals surface area contributed by atoms with Gasteiger partial charge in [-0.2, -0.15) is 0 Å². The van der Waals surface area contributed by atoms with Crippen LogP contribution >= 0.6 is 0 Å². The molecule has 1 nitrogen and oxygen atoms in total. The summed E-state index contributed by atoms with van der Waals surface area (Å²) in [5, 5.41) is 8.36. The fourth-order valence-electron chi connectivity index (χ4n) is 0. The molecule has 0 saturated heterocycles. The summed E-state index contributed by atoms with van der Waals surface area (Å²) in [6.45, 7) is 7.73. The van der Waals surface area contributed by atoms with Gasteiger partial charge in [-0.15, -0.1) is 0 Å². The van der Waals surface area contributed by atoms with Crippen LogP contribution in [0.2, 0.25) is 0 Å². The summed E-state index contributed by atoms with van der Waals surface area (Å²) in [7, 11) is 0. The molecule has 0 aliphatic carbocycles. The van der Waals surface area contributed by atoms with Gasteiger partial charge in [-0.25, -0.2) is 0 Å². The van der Waals surface area contributed by atoms with E-state index in [-0.39, 0.29) is 6.10 Å². The number of allylic oxidation sites excluding steroid dienone is 2. The minimum Gasteiger partial charge on any atom is -0.393 e. The molecular weight excluding hydrogens is 112 g/mol. The molecule has 1 unspecified atom stereocenters. The molecule has 0 heterocycles. The third-order valence-electron chi connectivity index (χ3n) is 0.924. The highest BCUT2D eigenvalue weighted by molar-refractivity contribution is 4.68.